The smallest absolute Gasteiger partial charge is 0.224 e. The molecule has 1 aliphatic heterocycles. The molecule has 1 heterocycles. The van der Waals surface area contributed by atoms with Crippen molar-refractivity contribution in [2.24, 2.45) is 11.8 Å². The number of ether oxygens (including phenoxy) is 1. The summed E-state index contributed by atoms with van der Waals surface area (Å²) in [7, 11) is 0. The molecule has 0 radical (unpaired) electrons. The molecule has 0 spiro atoms. The lowest BCUT2D eigenvalue weighted by Gasteiger charge is -2.23. The molecule has 1 aliphatic carbocycles. The van der Waals surface area contributed by atoms with Gasteiger partial charge in [-0.25, -0.2) is 0 Å². The van der Waals surface area contributed by atoms with E-state index in [-0.39, 0.29) is 5.91 Å². The van der Waals surface area contributed by atoms with Gasteiger partial charge < -0.3 is 15.4 Å². The van der Waals surface area contributed by atoms with Gasteiger partial charge in [0.15, 0.2) is 0 Å². The fourth-order valence-electron chi connectivity index (χ4n) is 4.53. The molecule has 2 aliphatic rings. The minimum absolute atomic E-state index is 0.116. The van der Waals surface area contributed by atoms with Gasteiger partial charge in [-0.1, -0.05) is 38.2 Å². The van der Waals surface area contributed by atoms with Crippen LogP contribution in [0, 0.1) is 11.8 Å². The Morgan fingerprint density at radius 1 is 1.15 bits per heavy atom. The zero-order valence-electron chi connectivity index (χ0n) is 16.9. The van der Waals surface area contributed by atoms with Crippen LogP contribution in [0.2, 0.25) is 0 Å². The molecule has 1 amide bonds. The van der Waals surface area contributed by atoms with Crippen LogP contribution >= 0.6 is 0 Å². The van der Waals surface area contributed by atoms with E-state index in [1.54, 1.807) is 0 Å². The Morgan fingerprint density at radius 2 is 1.96 bits per heavy atom. The van der Waals surface area contributed by atoms with Gasteiger partial charge in [0.05, 0.1) is 12.3 Å². The molecule has 0 aromatic heterocycles. The maximum Gasteiger partial charge on any atom is 0.224 e. The third kappa shape index (κ3) is 6.53. The van der Waals surface area contributed by atoms with Crippen molar-refractivity contribution in [3.63, 3.8) is 0 Å². The van der Waals surface area contributed by atoms with Crippen molar-refractivity contribution in [2.45, 2.75) is 71.1 Å². The summed E-state index contributed by atoms with van der Waals surface area (Å²) < 4.78 is 5.83. The number of nitrogens with one attached hydrogen (secondary N) is 2. The summed E-state index contributed by atoms with van der Waals surface area (Å²) in [6, 6.07) is 6.29. The Balaban J connectivity index is 1.55. The van der Waals surface area contributed by atoms with Crippen LogP contribution in [-0.2, 0) is 11.2 Å². The maximum absolute atomic E-state index is 12.4. The molecule has 0 bridgehead atoms. The lowest BCUT2D eigenvalue weighted by molar-refractivity contribution is -0.116. The highest BCUT2D eigenvalue weighted by Gasteiger charge is 2.17. The Hall–Kier alpha value is -1.55. The van der Waals surface area contributed by atoms with Crippen molar-refractivity contribution < 1.29 is 9.53 Å². The second kappa shape index (κ2) is 10.7. The maximum atomic E-state index is 12.4. The lowest BCUT2D eigenvalue weighted by Crippen LogP contribution is -2.30. The number of benzene rings is 1. The Kier molecular flexibility index (Phi) is 8.00. The number of anilines is 1. The van der Waals surface area contributed by atoms with Crippen LogP contribution in [-0.4, -0.2) is 25.6 Å². The highest BCUT2D eigenvalue weighted by molar-refractivity contribution is 5.92. The van der Waals surface area contributed by atoms with E-state index in [1.165, 1.54) is 50.5 Å². The van der Waals surface area contributed by atoms with Gasteiger partial charge in [0.2, 0.25) is 5.91 Å². The molecule has 1 aromatic carbocycles. The molecule has 1 saturated heterocycles. The molecule has 1 aromatic rings. The average Bonchev–Trinajstić information content (AvgIpc) is 2.70. The first kappa shape index (κ1) is 20.2. The van der Waals surface area contributed by atoms with Gasteiger partial charge in [-0.2, -0.15) is 0 Å². The molecular weight excluding hydrogens is 336 g/mol. The van der Waals surface area contributed by atoms with Crippen molar-refractivity contribution >= 4 is 11.6 Å². The SMILES string of the molecule is CCOc1cc(CC2CCCNC2)ccc1NC(=O)CCC1CCCCC1. The Labute approximate surface area is 164 Å². The van der Waals surface area contributed by atoms with Crippen LogP contribution < -0.4 is 15.4 Å². The normalized spacial score (nSPS) is 21.0. The van der Waals surface area contributed by atoms with Crippen molar-refractivity contribution in [1.82, 2.24) is 5.32 Å². The molecule has 2 fully saturated rings. The summed E-state index contributed by atoms with van der Waals surface area (Å²) in [5.41, 5.74) is 2.11. The molecule has 2 N–H and O–H groups in total. The van der Waals surface area contributed by atoms with Crippen LogP contribution in [0.25, 0.3) is 0 Å². The number of rotatable bonds is 8. The number of hydrogen-bond acceptors (Lipinski definition) is 3. The summed E-state index contributed by atoms with van der Waals surface area (Å²) >= 11 is 0. The van der Waals surface area contributed by atoms with E-state index in [2.05, 4.69) is 22.8 Å². The van der Waals surface area contributed by atoms with E-state index in [4.69, 9.17) is 4.74 Å². The molecule has 1 unspecified atom stereocenters. The number of hydrogen-bond donors (Lipinski definition) is 2. The number of piperidine rings is 1. The second-order valence-corrected chi connectivity index (χ2v) is 8.27. The number of carbonyl (C=O) groups is 1. The van der Waals surface area contributed by atoms with Crippen molar-refractivity contribution in [2.75, 3.05) is 25.0 Å². The predicted molar refractivity (Wildman–Crippen MR) is 111 cm³/mol. The largest absolute Gasteiger partial charge is 0.492 e. The molecule has 4 nitrogen and oxygen atoms in total. The van der Waals surface area contributed by atoms with Gasteiger partial charge in [-0.15, -0.1) is 0 Å². The summed E-state index contributed by atoms with van der Waals surface area (Å²) in [6.07, 6.45) is 11.9. The highest BCUT2D eigenvalue weighted by atomic mass is 16.5. The first-order valence-electron chi connectivity index (χ1n) is 11.0. The van der Waals surface area contributed by atoms with E-state index in [9.17, 15) is 4.79 Å². The van der Waals surface area contributed by atoms with Gasteiger partial charge in [0.1, 0.15) is 5.75 Å². The first-order valence-corrected chi connectivity index (χ1v) is 11.0. The zero-order chi connectivity index (χ0) is 18.9. The molecule has 1 atom stereocenters. The van der Waals surface area contributed by atoms with Crippen molar-refractivity contribution in [1.29, 1.82) is 0 Å². The lowest BCUT2D eigenvalue weighted by atomic mass is 9.86. The van der Waals surface area contributed by atoms with Crippen LogP contribution in [0.5, 0.6) is 5.75 Å². The van der Waals surface area contributed by atoms with Gasteiger partial charge in [-0.05, 0) is 75.2 Å². The number of amides is 1. The zero-order valence-corrected chi connectivity index (χ0v) is 16.9. The van der Waals surface area contributed by atoms with Crippen LogP contribution in [0.3, 0.4) is 0 Å². The van der Waals surface area contributed by atoms with Gasteiger partial charge in [0, 0.05) is 6.42 Å². The topological polar surface area (TPSA) is 50.4 Å². The first-order chi connectivity index (χ1) is 13.2. The third-order valence-electron chi connectivity index (χ3n) is 6.05. The quantitative estimate of drug-likeness (QED) is 0.680. The van der Waals surface area contributed by atoms with E-state index in [1.807, 2.05) is 13.0 Å². The molecule has 3 rings (SSSR count). The summed E-state index contributed by atoms with van der Waals surface area (Å²) in [4.78, 5) is 12.4. The van der Waals surface area contributed by atoms with E-state index >= 15 is 0 Å². The minimum Gasteiger partial charge on any atom is -0.492 e. The standard InChI is InChI=1S/C23H36N2O2/c1-2-27-22-16-19(15-20-9-6-14-24-17-20)10-12-21(22)25-23(26)13-11-18-7-4-3-5-8-18/h10,12,16,18,20,24H,2-9,11,13-15,17H2,1H3,(H,25,26). The van der Waals surface area contributed by atoms with Crippen LogP contribution in [0.4, 0.5) is 5.69 Å². The fraction of sp³-hybridized carbons (Fsp3) is 0.696. The third-order valence-corrected chi connectivity index (χ3v) is 6.05. The van der Waals surface area contributed by atoms with E-state index < -0.39 is 0 Å². The average molecular weight is 373 g/mol. The van der Waals surface area contributed by atoms with Crippen molar-refractivity contribution in [3.05, 3.63) is 23.8 Å². The molecule has 1 saturated carbocycles. The molecule has 27 heavy (non-hydrogen) atoms. The summed E-state index contributed by atoms with van der Waals surface area (Å²) in [6.45, 7) is 4.85. The molecule has 150 valence electrons. The minimum atomic E-state index is 0.116. The van der Waals surface area contributed by atoms with E-state index in [0.717, 1.165) is 43.3 Å². The fourth-order valence-corrected chi connectivity index (χ4v) is 4.53. The second-order valence-electron chi connectivity index (χ2n) is 8.27. The Bertz CT molecular complexity index is 590. The molecule has 4 heteroatoms. The van der Waals surface area contributed by atoms with E-state index in [0.29, 0.717) is 18.9 Å². The van der Waals surface area contributed by atoms with Gasteiger partial charge in [-0.3, -0.25) is 4.79 Å². The van der Waals surface area contributed by atoms with Crippen LogP contribution in [0.15, 0.2) is 18.2 Å². The predicted octanol–water partition coefficient (Wildman–Crippen LogP) is 4.93. The molecular formula is C23H36N2O2. The van der Waals surface area contributed by atoms with Crippen LogP contribution in [0.1, 0.15) is 70.3 Å². The summed E-state index contributed by atoms with van der Waals surface area (Å²) in [5, 5.41) is 6.57. The summed E-state index contributed by atoms with van der Waals surface area (Å²) in [5.74, 6) is 2.36. The number of carbonyl (C=O) groups excluding carboxylic acids is 1. The van der Waals surface area contributed by atoms with Gasteiger partial charge in [0.25, 0.3) is 0 Å². The van der Waals surface area contributed by atoms with Gasteiger partial charge >= 0.3 is 0 Å². The van der Waals surface area contributed by atoms with Crippen molar-refractivity contribution in [3.8, 4) is 5.75 Å². The highest BCUT2D eigenvalue weighted by Crippen LogP contribution is 2.30. The monoisotopic (exact) mass is 372 g/mol. The Morgan fingerprint density at radius 3 is 2.70 bits per heavy atom.